The predicted molar refractivity (Wildman–Crippen MR) is 96.6 cm³/mol. The fourth-order valence-corrected chi connectivity index (χ4v) is 6.50. The molecule has 1 aliphatic heterocycles. The number of rotatable bonds is 4. The van der Waals surface area contributed by atoms with Crippen LogP contribution in [0.5, 0.6) is 0 Å². The number of nitrogens with zero attached hydrogens (tertiary/aromatic N) is 2. The van der Waals surface area contributed by atoms with E-state index in [0.717, 1.165) is 29.7 Å². The van der Waals surface area contributed by atoms with Crippen LogP contribution in [0.1, 0.15) is 51.4 Å². The van der Waals surface area contributed by atoms with Gasteiger partial charge in [-0.05, 0) is 109 Å². The Hall–Kier alpha value is -0.120. The minimum absolute atomic E-state index is 0.385. The summed E-state index contributed by atoms with van der Waals surface area (Å²) in [7, 11) is 6.87. The van der Waals surface area contributed by atoms with Gasteiger partial charge in [0.1, 0.15) is 0 Å². The molecule has 0 radical (unpaired) electrons. The van der Waals surface area contributed by atoms with Crippen LogP contribution in [-0.4, -0.2) is 62.2 Å². The molecule has 5 aliphatic rings. The van der Waals surface area contributed by atoms with Crippen molar-refractivity contribution in [2.45, 2.75) is 62.9 Å². The molecule has 3 atom stereocenters. The van der Waals surface area contributed by atoms with Crippen molar-refractivity contribution >= 4 is 0 Å². The van der Waals surface area contributed by atoms with E-state index >= 15 is 0 Å². The van der Waals surface area contributed by atoms with E-state index in [9.17, 15) is 0 Å². The summed E-state index contributed by atoms with van der Waals surface area (Å²) in [4.78, 5) is 5.02. The lowest BCUT2D eigenvalue weighted by Crippen LogP contribution is -2.59. The van der Waals surface area contributed by atoms with Crippen molar-refractivity contribution < 1.29 is 0 Å². The number of hydrogen-bond acceptors (Lipinski definition) is 3. The van der Waals surface area contributed by atoms with Gasteiger partial charge >= 0.3 is 0 Å². The normalized spacial score (nSPS) is 43.0. The lowest BCUT2D eigenvalue weighted by Gasteiger charge is -2.47. The molecule has 1 saturated heterocycles. The molecule has 5 fully saturated rings. The van der Waals surface area contributed by atoms with E-state index in [2.05, 4.69) is 36.3 Å². The second-order valence-electron chi connectivity index (χ2n) is 9.68. The summed E-state index contributed by atoms with van der Waals surface area (Å²) in [5, 5.41) is 4.12. The van der Waals surface area contributed by atoms with E-state index in [1.807, 2.05) is 0 Å². The highest BCUT2D eigenvalue weighted by molar-refractivity contribution is 5.00. The van der Waals surface area contributed by atoms with E-state index in [1.165, 1.54) is 51.7 Å². The van der Waals surface area contributed by atoms with Crippen LogP contribution >= 0.6 is 0 Å². The zero-order valence-corrected chi connectivity index (χ0v) is 15.6. The Morgan fingerprint density at radius 1 is 0.913 bits per heavy atom. The van der Waals surface area contributed by atoms with Gasteiger partial charge in [-0.15, -0.1) is 0 Å². The van der Waals surface area contributed by atoms with Crippen molar-refractivity contribution in [3.63, 3.8) is 0 Å². The molecule has 132 valence electrons. The van der Waals surface area contributed by atoms with Gasteiger partial charge in [0, 0.05) is 18.1 Å². The number of likely N-dealkylation sites (N-methyl/N-ethyl adjacent to an activating group) is 1. The predicted octanol–water partition coefficient (Wildman–Crippen LogP) is 2.82. The van der Waals surface area contributed by atoms with Crippen LogP contribution in [0.3, 0.4) is 0 Å². The number of piperidine rings is 1. The summed E-state index contributed by atoms with van der Waals surface area (Å²) in [6.45, 7) is 3.71. The van der Waals surface area contributed by atoms with Crippen molar-refractivity contribution in [2.75, 3.05) is 40.8 Å². The summed E-state index contributed by atoms with van der Waals surface area (Å²) in [5.74, 6) is 4.18. The first-order valence-corrected chi connectivity index (χ1v) is 10.1. The van der Waals surface area contributed by atoms with Gasteiger partial charge in [-0.1, -0.05) is 0 Å². The Morgan fingerprint density at radius 2 is 1.48 bits per heavy atom. The lowest BCUT2D eigenvalue weighted by atomic mass is 9.67. The average Bonchev–Trinajstić information content (AvgIpc) is 2.70. The number of nitrogens with one attached hydrogen (secondary N) is 1. The second-order valence-corrected chi connectivity index (χ2v) is 9.68. The average molecular weight is 320 g/mol. The van der Waals surface area contributed by atoms with Crippen LogP contribution in [0.25, 0.3) is 0 Å². The standard InChI is InChI=1S/C20H37N3/c1-22(2)20(4-6-23(3)7-5-20)14-21-19-13-17-9-15-8-16(10-17)12-18(19)11-15/h15-19,21H,4-14H2,1-3H3. The first-order valence-electron chi connectivity index (χ1n) is 10.1. The van der Waals surface area contributed by atoms with Gasteiger partial charge in [-0.2, -0.15) is 0 Å². The molecule has 3 unspecified atom stereocenters. The Morgan fingerprint density at radius 3 is 2.04 bits per heavy atom. The Balaban J connectivity index is 1.41. The zero-order valence-electron chi connectivity index (χ0n) is 15.6. The molecular weight excluding hydrogens is 282 g/mol. The molecule has 0 spiro atoms. The molecule has 1 heterocycles. The van der Waals surface area contributed by atoms with Crippen molar-refractivity contribution in [1.29, 1.82) is 0 Å². The summed E-state index contributed by atoms with van der Waals surface area (Å²) in [6, 6.07) is 0.812. The molecule has 4 aliphatic carbocycles. The van der Waals surface area contributed by atoms with Crippen LogP contribution in [0.15, 0.2) is 0 Å². The van der Waals surface area contributed by atoms with Gasteiger partial charge in [0.25, 0.3) is 0 Å². The quantitative estimate of drug-likeness (QED) is 0.859. The Labute approximate surface area is 143 Å². The van der Waals surface area contributed by atoms with Gasteiger partial charge in [0.2, 0.25) is 0 Å². The molecule has 0 amide bonds. The van der Waals surface area contributed by atoms with Gasteiger partial charge in [-0.25, -0.2) is 0 Å². The van der Waals surface area contributed by atoms with E-state index in [4.69, 9.17) is 0 Å². The monoisotopic (exact) mass is 319 g/mol. The fraction of sp³-hybridized carbons (Fsp3) is 1.00. The highest BCUT2D eigenvalue weighted by Gasteiger charge is 2.44. The Bertz CT molecular complexity index is 399. The number of fused-ring (bicyclic) bond motifs is 1. The molecule has 4 saturated carbocycles. The van der Waals surface area contributed by atoms with Crippen molar-refractivity contribution in [1.82, 2.24) is 15.1 Å². The zero-order chi connectivity index (χ0) is 16.0. The lowest BCUT2D eigenvalue weighted by molar-refractivity contribution is 0.0592. The molecule has 3 nitrogen and oxygen atoms in total. The minimum Gasteiger partial charge on any atom is -0.312 e. The molecule has 0 aromatic carbocycles. The fourth-order valence-electron chi connectivity index (χ4n) is 6.50. The first-order chi connectivity index (χ1) is 11.0. The molecular formula is C20H37N3. The smallest absolute Gasteiger partial charge is 0.0352 e. The van der Waals surface area contributed by atoms with Gasteiger partial charge in [-0.3, -0.25) is 0 Å². The summed E-state index contributed by atoms with van der Waals surface area (Å²) in [6.07, 6.45) is 11.8. The summed E-state index contributed by atoms with van der Waals surface area (Å²) in [5.41, 5.74) is 0.385. The van der Waals surface area contributed by atoms with Crippen LogP contribution in [-0.2, 0) is 0 Å². The molecule has 5 rings (SSSR count). The van der Waals surface area contributed by atoms with Crippen molar-refractivity contribution in [2.24, 2.45) is 23.7 Å². The van der Waals surface area contributed by atoms with Gasteiger partial charge in [0.15, 0.2) is 0 Å². The molecule has 0 aromatic heterocycles. The van der Waals surface area contributed by atoms with E-state index in [1.54, 1.807) is 19.3 Å². The maximum absolute atomic E-state index is 4.12. The topological polar surface area (TPSA) is 18.5 Å². The minimum atomic E-state index is 0.385. The Kier molecular flexibility index (Phi) is 4.49. The maximum atomic E-state index is 4.12. The summed E-state index contributed by atoms with van der Waals surface area (Å²) < 4.78 is 0. The largest absolute Gasteiger partial charge is 0.312 e. The molecule has 3 heteroatoms. The third kappa shape index (κ3) is 3.21. The summed E-state index contributed by atoms with van der Waals surface area (Å²) >= 11 is 0. The second kappa shape index (κ2) is 6.31. The molecule has 23 heavy (non-hydrogen) atoms. The van der Waals surface area contributed by atoms with Crippen molar-refractivity contribution in [3.8, 4) is 0 Å². The third-order valence-electron chi connectivity index (χ3n) is 7.99. The van der Waals surface area contributed by atoms with Crippen LogP contribution in [0, 0.1) is 23.7 Å². The van der Waals surface area contributed by atoms with Gasteiger partial charge in [0.05, 0.1) is 0 Å². The number of likely N-dealkylation sites (tertiary alicyclic amines) is 1. The number of hydrogen-bond donors (Lipinski definition) is 1. The highest BCUT2D eigenvalue weighted by Crippen LogP contribution is 2.51. The van der Waals surface area contributed by atoms with Crippen molar-refractivity contribution in [3.05, 3.63) is 0 Å². The van der Waals surface area contributed by atoms with E-state index in [0.29, 0.717) is 5.54 Å². The first kappa shape index (κ1) is 16.4. The van der Waals surface area contributed by atoms with E-state index in [-0.39, 0.29) is 0 Å². The maximum Gasteiger partial charge on any atom is 0.0352 e. The molecule has 0 aromatic rings. The van der Waals surface area contributed by atoms with Gasteiger partial charge < -0.3 is 15.1 Å². The highest BCUT2D eigenvalue weighted by atomic mass is 15.2. The SMILES string of the molecule is CN1CCC(CNC2CC3CC4CC(C3)CC2C4)(N(C)C)CC1. The van der Waals surface area contributed by atoms with Crippen LogP contribution in [0.2, 0.25) is 0 Å². The molecule has 1 N–H and O–H groups in total. The van der Waals surface area contributed by atoms with Crippen LogP contribution < -0.4 is 5.32 Å². The molecule has 4 bridgehead atoms. The van der Waals surface area contributed by atoms with E-state index < -0.39 is 0 Å². The third-order valence-corrected chi connectivity index (χ3v) is 7.99. The van der Waals surface area contributed by atoms with Crippen LogP contribution in [0.4, 0.5) is 0 Å².